The maximum Gasteiger partial charge on any atom is 0.250 e. The van der Waals surface area contributed by atoms with Crippen molar-refractivity contribution in [3.8, 4) is 0 Å². The number of halogens is 1. The minimum absolute atomic E-state index is 0.153. The van der Waals surface area contributed by atoms with Crippen LogP contribution >= 0.6 is 23.4 Å². The van der Waals surface area contributed by atoms with E-state index in [0.29, 0.717) is 23.3 Å². The number of hydrazone groups is 1. The van der Waals surface area contributed by atoms with Crippen molar-refractivity contribution >= 4 is 41.2 Å². The van der Waals surface area contributed by atoms with Gasteiger partial charge in [-0.05, 0) is 25.1 Å². The van der Waals surface area contributed by atoms with E-state index in [4.69, 9.17) is 11.6 Å². The summed E-state index contributed by atoms with van der Waals surface area (Å²) >= 11 is 7.35. The summed E-state index contributed by atoms with van der Waals surface area (Å²) < 4.78 is 1.93. The van der Waals surface area contributed by atoms with Crippen molar-refractivity contribution in [3.63, 3.8) is 0 Å². The molecule has 0 aliphatic carbocycles. The average Bonchev–Trinajstić information content (AvgIpc) is 3.15. The second-order valence-corrected chi connectivity index (χ2v) is 7.97. The zero-order valence-electron chi connectivity index (χ0n) is 17.1. The molecule has 0 fully saturated rings. The molecule has 2 aromatic carbocycles. The first-order chi connectivity index (χ1) is 15.1. The second-order valence-electron chi connectivity index (χ2n) is 6.62. The maximum absolute atomic E-state index is 12.1. The largest absolute Gasteiger partial charge is 0.378 e. The number of aryl methyl sites for hydroxylation is 1. The SMILES string of the molecule is C=CCn1c(CNc2ccc(C)cc2)nnc1SCC(=O)NN=Cc1ccccc1Cl. The van der Waals surface area contributed by atoms with Crippen LogP contribution in [0.4, 0.5) is 5.69 Å². The van der Waals surface area contributed by atoms with E-state index in [1.807, 2.05) is 54.0 Å². The lowest BCUT2D eigenvalue weighted by Crippen LogP contribution is -2.20. The van der Waals surface area contributed by atoms with E-state index in [1.165, 1.54) is 23.5 Å². The van der Waals surface area contributed by atoms with Gasteiger partial charge in [0.05, 0.1) is 18.5 Å². The van der Waals surface area contributed by atoms with Crippen molar-refractivity contribution in [1.82, 2.24) is 20.2 Å². The molecule has 0 aliphatic rings. The molecular weight excluding hydrogens is 432 g/mol. The molecule has 0 aliphatic heterocycles. The zero-order chi connectivity index (χ0) is 22.1. The monoisotopic (exact) mass is 454 g/mol. The molecule has 0 radical (unpaired) electrons. The molecule has 0 spiro atoms. The fourth-order valence-electron chi connectivity index (χ4n) is 2.64. The van der Waals surface area contributed by atoms with Gasteiger partial charge in [0.25, 0.3) is 5.91 Å². The predicted molar refractivity (Wildman–Crippen MR) is 127 cm³/mol. The van der Waals surface area contributed by atoms with Crippen LogP contribution in [0.5, 0.6) is 0 Å². The van der Waals surface area contributed by atoms with Gasteiger partial charge in [0, 0.05) is 22.8 Å². The molecule has 0 atom stereocenters. The van der Waals surface area contributed by atoms with E-state index in [1.54, 1.807) is 12.1 Å². The second kappa shape index (κ2) is 11.3. The highest BCUT2D eigenvalue weighted by atomic mass is 35.5. The smallest absolute Gasteiger partial charge is 0.250 e. The summed E-state index contributed by atoms with van der Waals surface area (Å²) in [5.74, 6) is 0.668. The van der Waals surface area contributed by atoms with E-state index in [-0.39, 0.29) is 11.7 Å². The van der Waals surface area contributed by atoms with Crippen molar-refractivity contribution in [2.45, 2.75) is 25.2 Å². The molecule has 31 heavy (non-hydrogen) atoms. The van der Waals surface area contributed by atoms with Crippen LogP contribution in [-0.4, -0.2) is 32.6 Å². The lowest BCUT2D eigenvalue weighted by molar-refractivity contribution is -0.118. The van der Waals surface area contributed by atoms with Gasteiger partial charge in [-0.3, -0.25) is 4.79 Å². The van der Waals surface area contributed by atoms with Crippen LogP contribution in [0.3, 0.4) is 0 Å². The number of benzene rings is 2. The number of thioether (sulfide) groups is 1. The van der Waals surface area contributed by atoms with Crippen LogP contribution < -0.4 is 10.7 Å². The quantitative estimate of drug-likeness (QED) is 0.207. The van der Waals surface area contributed by atoms with E-state index < -0.39 is 0 Å². The summed E-state index contributed by atoms with van der Waals surface area (Å²) in [6, 6.07) is 15.4. The van der Waals surface area contributed by atoms with Crippen molar-refractivity contribution in [3.05, 3.63) is 83.2 Å². The van der Waals surface area contributed by atoms with Crippen LogP contribution in [-0.2, 0) is 17.9 Å². The number of carbonyl (C=O) groups is 1. The molecule has 1 aromatic heterocycles. The third-order valence-corrected chi connectivity index (χ3v) is 5.55. The summed E-state index contributed by atoms with van der Waals surface area (Å²) in [6.45, 7) is 6.91. The van der Waals surface area contributed by atoms with Crippen LogP contribution in [0, 0.1) is 6.92 Å². The molecule has 1 heterocycles. The van der Waals surface area contributed by atoms with Gasteiger partial charge in [0.2, 0.25) is 0 Å². The Morgan fingerprint density at radius 1 is 1.23 bits per heavy atom. The Bertz CT molecular complexity index is 1060. The Balaban J connectivity index is 1.55. The first-order valence-electron chi connectivity index (χ1n) is 9.59. The predicted octanol–water partition coefficient (Wildman–Crippen LogP) is 4.28. The van der Waals surface area contributed by atoms with E-state index in [2.05, 4.69) is 32.6 Å². The molecular formula is C22H23ClN6OS. The number of anilines is 1. The molecule has 0 unspecified atom stereocenters. The standard InChI is InChI=1S/C22H23ClN6OS/c1-3-12-29-20(14-24-18-10-8-16(2)9-11-18)26-28-22(29)31-15-21(30)27-25-13-17-6-4-5-7-19(17)23/h3-11,13,24H,1,12,14-15H2,2H3,(H,27,30). The minimum Gasteiger partial charge on any atom is -0.378 e. The number of hydrogen-bond acceptors (Lipinski definition) is 6. The first-order valence-corrected chi connectivity index (χ1v) is 11.0. The Labute approximate surface area is 190 Å². The van der Waals surface area contributed by atoms with Gasteiger partial charge in [-0.25, -0.2) is 5.43 Å². The third kappa shape index (κ3) is 6.70. The number of nitrogens with zero attached hydrogens (tertiary/aromatic N) is 4. The van der Waals surface area contributed by atoms with E-state index in [9.17, 15) is 4.79 Å². The molecule has 0 bridgehead atoms. The number of allylic oxidation sites excluding steroid dienone is 1. The zero-order valence-corrected chi connectivity index (χ0v) is 18.7. The molecule has 7 nitrogen and oxygen atoms in total. The van der Waals surface area contributed by atoms with Gasteiger partial charge in [0.15, 0.2) is 11.0 Å². The Hall–Kier alpha value is -3.10. The van der Waals surface area contributed by atoms with Gasteiger partial charge in [0.1, 0.15) is 0 Å². The van der Waals surface area contributed by atoms with Crippen molar-refractivity contribution < 1.29 is 4.79 Å². The van der Waals surface area contributed by atoms with Crippen LogP contribution in [0.1, 0.15) is 17.0 Å². The number of hydrogen-bond donors (Lipinski definition) is 2. The summed E-state index contributed by atoms with van der Waals surface area (Å²) in [5.41, 5.74) is 5.44. The number of amides is 1. The van der Waals surface area contributed by atoms with Gasteiger partial charge in [-0.1, -0.05) is 65.3 Å². The molecule has 0 saturated heterocycles. The van der Waals surface area contributed by atoms with Crippen molar-refractivity contribution in [2.24, 2.45) is 5.10 Å². The average molecular weight is 455 g/mol. The topological polar surface area (TPSA) is 84.2 Å². The lowest BCUT2D eigenvalue weighted by atomic mass is 10.2. The number of nitrogens with one attached hydrogen (secondary N) is 2. The number of aromatic nitrogens is 3. The fourth-order valence-corrected chi connectivity index (χ4v) is 3.58. The van der Waals surface area contributed by atoms with Crippen molar-refractivity contribution in [1.29, 1.82) is 0 Å². The summed E-state index contributed by atoms with van der Waals surface area (Å²) in [6.07, 6.45) is 3.29. The molecule has 0 saturated carbocycles. The molecule has 3 aromatic rings. The lowest BCUT2D eigenvalue weighted by Gasteiger charge is -2.09. The van der Waals surface area contributed by atoms with Gasteiger partial charge >= 0.3 is 0 Å². The molecule has 160 valence electrons. The number of carbonyl (C=O) groups excluding carboxylic acids is 1. The Morgan fingerprint density at radius 3 is 2.74 bits per heavy atom. The fraction of sp³-hybridized carbons (Fsp3) is 0.182. The first kappa shape index (κ1) is 22.6. The highest BCUT2D eigenvalue weighted by Gasteiger charge is 2.13. The normalized spacial score (nSPS) is 10.9. The Morgan fingerprint density at radius 2 is 2.00 bits per heavy atom. The van der Waals surface area contributed by atoms with Crippen LogP contribution in [0.25, 0.3) is 0 Å². The van der Waals surface area contributed by atoms with Gasteiger partial charge in [-0.2, -0.15) is 5.10 Å². The van der Waals surface area contributed by atoms with Crippen LogP contribution in [0.2, 0.25) is 5.02 Å². The highest BCUT2D eigenvalue weighted by molar-refractivity contribution is 7.99. The Kier molecular flexibility index (Phi) is 8.26. The minimum atomic E-state index is -0.249. The van der Waals surface area contributed by atoms with Crippen LogP contribution in [0.15, 0.2) is 71.4 Å². The molecule has 3 rings (SSSR count). The third-order valence-electron chi connectivity index (χ3n) is 4.24. The van der Waals surface area contributed by atoms with Gasteiger partial charge < -0.3 is 9.88 Å². The molecule has 2 N–H and O–H groups in total. The van der Waals surface area contributed by atoms with E-state index >= 15 is 0 Å². The summed E-state index contributed by atoms with van der Waals surface area (Å²) in [5, 5.41) is 17.0. The number of rotatable bonds is 10. The van der Waals surface area contributed by atoms with E-state index in [0.717, 1.165) is 17.1 Å². The summed E-state index contributed by atoms with van der Waals surface area (Å²) in [7, 11) is 0. The van der Waals surface area contributed by atoms with Gasteiger partial charge in [-0.15, -0.1) is 16.8 Å². The highest BCUT2D eigenvalue weighted by Crippen LogP contribution is 2.18. The van der Waals surface area contributed by atoms with Crippen molar-refractivity contribution in [2.75, 3.05) is 11.1 Å². The molecule has 1 amide bonds. The maximum atomic E-state index is 12.1. The summed E-state index contributed by atoms with van der Waals surface area (Å²) in [4.78, 5) is 12.1. The molecule has 9 heteroatoms.